The van der Waals surface area contributed by atoms with Crippen LogP contribution in [0.4, 0.5) is 0 Å². The molecule has 9 aliphatic rings. The minimum Gasteiger partial charge on any atom is -0.507 e. The molecule has 6 atom stereocenters. The molecule has 4 aromatic rings. The van der Waals surface area contributed by atoms with Gasteiger partial charge in [-0.2, -0.15) is 23.5 Å². The van der Waals surface area contributed by atoms with E-state index in [2.05, 4.69) is 152 Å². The lowest BCUT2D eigenvalue weighted by Crippen LogP contribution is -2.56. The predicted octanol–water partition coefficient (Wildman–Crippen LogP) is 17.1. The lowest BCUT2D eigenvalue weighted by Gasteiger charge is -2.63. The summed E-state index contributed by atoms with van der Waals surface area (Å²) < 4.78 is 0. The Balaban J connectivity index is 0.879. The second-order valence-corrected chi connectivity index (χ2v) is 29.5. The summed E-state index contributed by atoms with van der Waals surface area (Å²) in [6.45, 7) is 18.7. The summed E-state index contributed by atoms with van der Waals surface area (Å²) in [6.07, 6.45) is 22.9. The fourth-order valence-corrected chi connectivity index (χ4v) is 20.2. The van der Waals surface area contributed by atoms with E-state index in [0.717, 1.165) is 35.2 Å². The van der Waals surface area contributed by atoms with Gasteiger partial charge in [0.1, 0.15) is 11.5 Å². The van der Waals surface area contributed by atoms with Crippen LogP contribution in [0, 0.1) is 37.5 Å². The van der Waals surface area contributed by atoms with Gasteiger partial charge in [-0.25, -0.2) is 0 Å². The number of rotatable bonds is 10. The third-order valence-electron chi connectivity index (χ3n) is 19.8. The smallest absolute Gasteiger partial charge is 0.123 e. The van der Waals surface area contributed by atoms with Crippen molar-refractivity contribution in [2.45, 2.75) is 225 Å². The molecule has 9 aliphatic carbocycles. The molecular weight excluding hydrogens is 865 g/mol. The summed E-state index contributed by atoms with van der Waals surface area (Å²) in [5, 5.41) is 26.5. The first-order valence-corrected chi connectivity index (χ1v) is 29.5. The molecule has 9 saturated carbocycles. The van der Waals surface area contributed by atoms with Gasteiger partial charge >= 0.3 is 0 Å². The van der Waals surface area contributed by atoms with Gasteiger partial charge in [0.25, 0.3) is 0 Å². The standard InChI is InChI=1S/C64H84O2S2/c1-41-15-19-49(20-16-41)61-29-43-23-44(30-61)34-63(33-43,39-61)53-27-51(59(3,4)5)25-47(57(53)65)37-67-55-13-11-9-10-12-14-56(55)68-38-48-26-52(60(6,7)8)28-54(58(48)66)64-35-45-24-46(36-64)32-62(31-45,40-64)50-21-17-42(2)18-22-50/h15-22,25-28,43-46,55-56,65-66H,9-14,23-24,29-40H2,1-8H3/t43?,44?,45?,46?,55-,56?,61?,62?,63?,64?/m0/s1. The van der Waals surface area contributed by atoms with Crippen LogP contribution in [0.5, 0.6) is 11.5 Å². The Morgan fingerprint density at radius 3 is 1.15 bits per heavy atom. The molecule has 0 spiro atoms. The molecule has 9 fully saturated rings. The Labute approximate surface area is 420 Å². The SMILES string of the molecule is Cc1ccc(C23CC4CC(C2)CC(c2cc(C(C)(C)C)cc(CSC5CCCCCC[C@@H]5SCc5cc(C(C)(C)C)cc(C67CC8CC(CC(c9ccc(C)cc9)(C8)C6)C7)c5O)c2O)(C4)C3)cc1. The van der Waals surface area contributed by atoms with Crippen molar-refractivity contribution in [3.05, 3.63) is 128 Å². The van der Waals surface area contributed by atoms with Crippen LogP contribution in [0.1, 0.15) is 213 Å². The topological polar surface area (TPSA) is 40.5 Å². The summed E-state index contributed by atoms with van der Waals surface area (Å²) in [7, 11) is 0. The van der Waals surface area contributed by atoms with E-state index in [-0.39, 0.29) is 32.5 Å². The van der Waals surface area contributed by atoms with E-state index in [9.17, 15) is 10.2 Å². The second kappa shape index (κ2) is 17.4. The fraction of sp³-hybridized carbons (Fsp3) is 0.625. The molecule has 0 aliphatic heterocycles. The highest BCUT2D eigenvalue weighted by atomic mass is 32.2. The average Bonchev–Trinajstić information content (AvgIpc) is 3.25. The quantitative estimate of drug-likeness (QED) is 0.166. The van der Waals surface area contributed by atoms with E-state index in [1.165, 1.54) is 160 Å². The summed E-state index contributed by atoms with van der Waals surface area (Å²) in [4.78, 5) is 0. The maximum Gasteiger partial charge on any atom is 0.123 e. The van der Waals surface area contributed by atoms with Crippen molar-refractivity contribution in [1.82, 2.24) is 0 Å². The molecular formula is C64H84O2S2. The van der Waals surface area contributed by atoms with Crippen molar-refractivity contribution in [2.75, 3.05) is 0 Å². The molecule has 8 bridgehead atoms. The van der Waals surface area contributed by atoms with E-state index in [1.807, 2.05) is 0 Å². The molecule has 68 heavy (non-hydrogen) atoms. The molecule has 5 unspecified atom stereocenters. The third kappa shape index (κ3) is 8.64. The largest absolute Gasteiger partial charge is 0.507 e. The van der Waals surface area contributed by atoms with Gasteiger partial charge in [-0.1, -0.05) is 151 Å². The van der Waals surface area contributed by atoms with Crippen LogP contribution in [0.15, 0.2) is 72.8 Å². The van der Waals surface area contributed by atoms with Gasteiger partial charge in [0.15, 0.2) is 0 Å². The van der Waals surface area contributed by atoms with E-state index in [1.54, 1.807) is 11.1 Å². The van der Waals surface area contributed by atoms with Gasteiger partial charge in [-0.05, 0) is 171 Å². The zero-order chi connectivity index (χ0) is 47.4. The van der Waals surface area contributed by atoms with Crippen molar-refractivity contribution < 1.29 is 10.2 Å². The number of aromatic hydroxyl groups is 2. The van der Waals surface area contributed by atoms with Crippen LogP contribution >= 0.6 is 23.5 Å². The fourth-order valence-electron chi connectivity index (χ4n) is 17.1. The Morgan fingerprint density at radius 1 is 0.471 bits per heavy atom. The first-order chi connectivity index (χ1) is 32.3. The Kier molecular flexibility index (Phi) is 12.2. The normalized spacial score (nSPS) is 34.3. The van der Waals surface area contributed by atoms with E-state index < -0.39 is 0 Å². The Hall–Kier alpha value is -2.82. The highest BCUT2D eigenvalue weighted by Crippen LogP contribution is 2.69. The highest BCUT2D eigenvalue weighted by molar-refractivity contribution is 8.03. The number of hydrogen-bond acceptors (Lipinski definition) is 4. The van der Waals surface area contributed by atoms with Crippen molar-refractivity contribution >= 4 is 23.5 Å². The predicted molar refractivity (Wildman–Crippen MR) is 290 cm³/mol. The zero-order valence-corrected chi connectivity index (χ0v) is 44.9. The number of benzene rings is 4. The van der Waals surface area contributed by atoms with Crippen LogP contribution < -0.4 is 0 Å². The van der Waals surface area contributed by atoms with Gasteiger partial charge in [-0.15, -0.1) is 0 Å². The van der Waals surface area contributed by atoms with Crippen molar-refractivity contribution in [3.63, 3.8) is 0 Å². The molecule has 2 N–H and O–H groups in total. The molecule has 4 heteroatoms. The van der Waals surface area contributed by atoms with E-state index >= 15 is 0 Å². The molecule has 0 aromatic heterocycles. The van der Waals surface area contributed by atoms with E-state index in [4.69, 9.17) is 0 Å². The summed E-state index contributed by atoms with van der Waals surface area (Å²) >= 11 is 4.28. The molecule has 13 rings (SSSR count). The zero-order valence-electron chi connectivity index (χ0n) is 43.2. The van der Waals surface area contributed by atoms with Crippen LogP contribution in [0.2, 0.25) is 0 Å². The molecule has 0 radical (unpaired) electrons. The van der Waals surface area contributed by atoms with Crippen LogP contribution in [-0.2, 0) is 44.0 Å². The maximum atomic E-state index is 12.8. The maximum absolute atomic E-state index is 12.8. The number of hydrogen-bond donors (Lipinski definition) is 2. The lowest BCUT2D eigenvalue weighted by molar-refractivity contribution is -0.0292. The Morgan fingerprint density at radius 2 is 0.809 bits per heavy atom. The first-order valence-electron chi connectivity index (χ1n) is 27.4. The summed E-state index contributed by atoms with van der Waals surface area (Å²) in [5.74, 6) is 5.91. The minimum absolute atomic E-state index is 0.00267. The first kappa shape index (κ1) is 47.5. The minimum atomic E-state index is -0.00267. The number of phenols is 2. The van der Waals surface area contributed by atoms with Crippen LogP contribution in [0.25, 0.3) is 0 Å². The van der Waals surface area contributed by atoms with Gasteiger partial charge in [0.05, 0.1) is 0 Å². The number of phenolic OH excluding ortho intramolecular Hbond substituents is 2. The molecule has 0 amide bonds. The van der Waals surface area contributed by atoms with Gasteiger partial charge < -0.3 is 10.2 Å². The molecule has 4 aromatic carbocycles. The monoisotopic (exact) mass is 949 g/mol. The van der Waals surface area contributed by atoms with Crippen molar-refractivity contribution in [3.8, 4) is 11.5 Å². The van der Waals surface area contributed by atoms with E-state index in [0.29, 0.717) is 22.0 Å². The lowest BCUT2D eigenvalue weighted by atomic mass is 9.41. The third-order valence-corrected chi connectivity index (χ3v) is 22.9. The van der Waals surface area contributed by atoms with Crippen molar-refractivity contribution in [1.29, 1.82) is 0 Å². The van der Waals surface area contributed by atoms with Crippen LogP contribution in [-0.4, -0.2) is 20.7 Å². The van der Waals surface area contributed by atoms with Gasteiger partial charge in [0, 0.05) is 55.1 Å². The number of aryl methyl sites for hydroxylation is 2. The molecule has 2 nitrogen and oxygen atoms in total. The average molecular weight is 950 g/mol. The van der Waals surface area contributed by atoms with Gasteiger partial charge in [-0.3, -0.25) is 0 Å². The highest BCUT2D eigenvalue weighted by Gasteiger charge is 2.61. The number of thioether (sulfide) groups is 2. The summed E-state index contributed by atoms with van der Waals surface area (Å²) in [6, 6.07) is 28.9. The van der Waals surface area contributed by atoms with Crippen LogP contribution in [0.3, 0.4) is 0 Å². The second-order valence-electron chi connectivity index (χ2n) is 27.0. The Bertz CT molecular complexity index is 2300. The molecule has 0 heterocycles. The molecule has 364 valence electrons. The van der Waals surface area contributed by atoms with Crippen molar-refractivity contribution in [2.24, 2.45) is 23.7 Å². The molecule has 0 saturated heterocycles. The summed E-state index contributed by atoms with van der Waals surface area (Å²) in [5.41, 5.74) is 14.0. The van der Waals surface area contributed by atoms with Gasteiger partial charge in [0.2, 0.25) is 0 Å².